The fourth-order valence-corrected chi connectivity index (χ4v) is 5.25. The average molecular weight is 507 g/mol. The van der Waals surface area contributed by atoms with Crippen molar-refractivity contribution >= 4 is 11.1 Å². The number of hydrogen-bond donors (Lipinski definition) is 0. The van der Waals surface area contributed by atoms with E-state index in [4.69, 9.17) is 14.1 Å². The molecule has 1 aromatic carbocycles. The Kier molecular flexibility index (Phi) is 6.84. The van der Waals surface area contributed by atoms with E-state index in [2.05, 4.69) is 40.0 Å². The molecule has 1 unspecified atom stereocenters. The van der Waals surface area contributed by atoms with Crippen LogP contribution in [-0.4, -0.2) is 26.4 Å². The summed E-state index contributed by atoms with van der Waals surface area (Å²) in [6.45, 7) is 4.48. The van der Waals surface area contributed by atoms with E-state index in [9.17, 15) is 4.79 Å². The van der Waals surface area contributed by atoms with E-state index in [-0.39, 0.29) is 11.5 Å². The van der Waals surface area contributed by atoms with Crippen molar-refractivity contribution in [1.82, 2.24) is 19.9 Å². The third-order valence-electron chi connectivity index (χ3n) is 7.37. The molecule has 38 heavy (non-hydrogen) atoms. The first kappa shape index (κ1) is 24.2. The van der Waals surface area contributed by atoms with Crippen LogP contribution in [0.2, 0.25) is 0 Å². The van der Waals surface area contributed by atoms with Gasteiger partial charge in [-0.3, -0.25) is 19.7 Å². The normalized spacial score (nSPS) is 18.1. The van der Waals surface area contributed by atoms with E-state index in [1.165, 1.54) is 25.0 Å². The number of likely N-dealkylation sites (tertiary alicyclic amines) is 1. The summed E-state index contributed by atoms with van der Waals surface area (Å²) >= 11 is 0. The van der Waals surface area contributed by atoms with Crippen molar-refractivity contribution < 1.29 is 9.15 Å². The van der Waals surface area contributed by atoms with E-state index in [0.29, 0.717) is 40.8 Å². The van der Waals surface area contributed by atoms with Crippen molar-refractivity contribution in [3.05, 3.63) is 106 Å². The summed E-state index contributed by atoms with van der Waals surface area (Å²) < 4.78 is 12.0. The van der Waals surface area contributed by atoms with Crippen LogP contribution in [0.5, 0.6) is 5.75 Å². The smallest absolute Gasteiger partial charge is 0.182 e. The monoisotopic (exact) mass is 506 g/mol. The average Bonchev–Trinajstić information content (AvgIpc) is 2.96. The van der Waals surface area contributed by atoms with Gasteiger partial charge in [-0.15, -0.1) is 0 Å². The fraction of sp³-hybridized carbons (Fsp3) is 0.290. The van der Waals surface area contributed by atoms with Gasteiger partial charge in [-0.25, -0.2) is 4.98 Å². The molecule has 0 spiro atoms. The van der Waals surface area contributed by atoms with Gasteiger partial charge in [0.25, 0.3) is 0 Å². The van der Waals surface area contributed by atoms with Crippen LogP contribution in [0, 0.1) is 5.92 Å². The molecular weight excluding hydrogens is 476 g/mol. The fourth-order valence-electron chi connectivity index (χ4n) is 5.25. The first-order valence-electron chi connectivity index (χ1n) is 13.2. The first-order chi connectivity index (χ1) is 18.6. The molecule has 7 heteroatoms. The summed E-state index contributed by atoms with van der Waals surface area (Å²) in [5, 5.41) is 0. The summed E-state index contributed by atoms with van der Waals surface area (Å²) in [4.78, 5) is 28.4. The zero-order valence-electron chi connectivity index (χ0n) is 21.4. The molecule has 0 bridgehead atoms. The van der Waals surface area contributed by atoms with Crippen molar-refractivity contribution in [2.24, 2.45) is 5.92 Å². The topological polar surface area (TPSA) is 81.4 Å². The van der Waals surface area contributed by atoms with Gasteiger partial charge in [0.1, 0.15) is 23.6 Å². The second-order valence-corrected chi connectivity index (χ2v) is 9.92. The lowest BCUT2D eigenvalue weighted by atomic mass is 9.87. The molecule has 2 aliphatic heterocycles. The van der Waals surface area contributed by atoms with Crippen LogP contribution >= 0.6 is 0 Å². The van der Waals surface area contributed by atoms with Gasteiger partial charge in [0, 0.05) is 24.9 Å². The van der Waals surface area contributed by atoms with Gasteiger partial charge in [-0.2, -0.15) is 0 Å². The molecule has 2 aromatic heterocycles. The molecule has 1 aliphatic carbocycles. The van der Waals surface area contributed by atoms with E-state index in [0.717, 1.165) is 36.6 Å². The van der Waals surface area contributed by atoms with Crippen molar-refractivity contribution in [2.45, 2.75) is 45.4 Å². The largest absolute Gasteiger partial charge is 0.487 e. The van der Waals surface area contributed by atoms with Crippen LogP contribution in [-0.2, 0) is 13.2 Å². The molecule has 1 saturated heterocycles. The number of ether oxygens (including phenoxy) is 1. The minimum absolute atomic E-state index is 0.109. The molecule has 1 fully saturated rings. The lowest BCUT2D eigenvalue weighted by molar-refractivity contribution is 0.0982. The maximum absolute atomic E-state index is 11.7. The van der Waals surface area contributed by atoms with Gasteiger partial charge < -0.3 is 9.15 Å². The number of benzene rings is 2. The Labute approximate surface area is 221 Å². The number of piperidine rings is 1. The third kappa shape index (κ3) is 5.29. The minimum atomic E-state index is -0.109. The number of fused-ring (bicyclic) bond motifs is 2. The lowest BCUT2D eigenvalue weighted by Gasteiger charge is -2.39. The van der Waals surface area contributed by atoms with Crippen LogP contribution in [0.4, 0.5) is 0 Å². The molecule has 0 saturated carbocycles. The Hall–Kier alpha value is -4.10. The predicted octanol–water partition coefficient (Wildman–Crippen LogP) is 6.03. The molecule has 0 radical (unpaired) electrons. The van der Waals surface area contributed by atoms with Gasteiger partial charge in [0.05, 0.1) is 23.1 Å². The summed E-state index contributed by atoms with van der Waals surface area (Å²) in [6.07, 6.45) is 5.35. The molecule has 4 heterocycles. The summed E-state index contributed by atoms with van der Waals surface area (Å²) in [5.41, 5.74) is 4.86. The standard InChI is InChI=1S/C31H30N4O3/c1-2-21-13-15-35(19-22-6-3-4-14-32-22)29(16-21)26-8-5-7-23(33-26)20-37-25-10-12-28-31(18-25)38-30-17-24(36)9-11-27(30)34-28/h3-12,14,17-18,21,29H,2,13,15-16,19-20H2,1H3/t21-,29?/m1/s1. The van der Waals surface area contributed by atoms with E-state index in [1.807, 2.05) is 42.6 Å². The van der Waals surface area contributed by atoms with E-state index < -0.39 is 0 Å². The second kappa shape index (κ2) is 10.7. The SMILES string of the molecule is CC[C@@H]1CCN(Cc2ccccn2)C(c2cccc(COc3ccc4nc5ccc(=O)cc-5oc4c3)n2)C1. The van der Waals surface area contributed by atoms with Crippen molar-refractivity contribution in [3.63, 3.8) is 0 Å². The van der Waals surface area contributed by atoms with Gasteiger partial charge in [0.2, 0.25) is 0 Å². The van der Waals surface area contributed by atoms with E-state index >= 15 is 0 Å². The molecule has 3 aliphatic rings. The van der Waals surface area contributed by atoms with Gasteiger partial charge >= 0.3 is 0 Å². The predicted molar refractivity (Wildman–Crippen MR) is 146 cm³/mol. The van der Waals surface area contributed by atoms with Gasteiger partial charge in [-0.05, 0) is 73.8 Å². The summed E-state index contributed by atoms with van der Waals surface area (Å²) in [7, 11) is 0. The number of rotatable bonds is 7. The Balaban J connectivity index is 1.20. The minimum Gasteiger partial charge on any atom is -0.487 e. The molecule has 3 aromatic rings. The maximum Gasteiger partial charge on any atom is 0.182 e. The number of pyridine rings is 2. The highest BCUT2D eigenvalue weighted by atomic mass is 16.5. The highest BCUT2D eigenvalue weighted by Crippen LogP contribution is 2.36. The zero-order chi connectivity index (χ0) is 25.9. The van der Waals surface area contributed by atoms with Crippen molar-refractivity contribution in [3.8, 4) is 17.2 Å². The van der Waals surface area contributed by atoms with Gasteiger partial charge in [0.15, 0.2) is 16.8 Å². The maximum atomic E-state index is 11.7. The van der Waals surface area contributed by atoms with Crippen molar-refractivity contribution in [1.29, 1.82) is 0 Å². The Morgan fingerprint density at radius 1 is 1.00 bits per heavy atom. The first-order valence-corrected chi connectivity index (χ1v) is 13.2. The van der Waals surface area contributed by atoms with Crippen LogP contribution in [0.15, 0.2) is 88.2 Å². The highest BCUT2D eigenvalue weighted by Gasteiger charge is 2.30. The molecule has 6 rings (SSSR count). The van der Waals surface area contributed by atoms with E-state index in [1.54, 1.807) is 6.07 Å². The van der Waals surface area contributed by atoms with Crippen LogP contribution in [0.3, 0.4) is 0 Å². The zero-order valence-corrected chi connectivity index (χ0v) is 21.4. The second-order valence-electron chi connectivity index (χ2n) is 9.92. The molecule has 0 amide bonds. The Bertz CT molecular complexity index is 1570. The molecule has 192 valence electrons. The number of nitrogens with zero attached hydrogens (tertiary/aromatic N) is 4. The molecule has 0 N–H and O–H groups in total. The molecular formula is C31H30N4O3. The Morgan fingerprint density at radius 3 is 2.79 bits per heavy atom. The summed E-state index contributed by atoms with van der Waals surface area (Å²) in [5.74, 6) is 1.82. The number of hydrogen-bond acceptors (Lipinski definition) is 7. The van der Waals surface area contributed by atoms with Crippen LogP contribution < -0.4 is 10.2 Å². The van der Waals surface area contributed by atoms with Crippen LogP contribution in [0.25, 0.3) is 22.6 Å². The quantitative estimate of drug-likeness (QED) is 0.250. The van der Waals surface area contributed by atoms with Crippen molar-refractivity contribution in [2.75, 3.05) is 6.54 Å². The number of aromatic nitrogens is 3. The molecule has 7 nitrogen and oxygen atoms in total. The molecule has 2 atom stereocenters. The van der Waals surface area contributed by atoms with Crippen LogP contribution in [0.1, 0.15) is 49.3 Å². The lowest BCUT2D eigenvalue weighted by Crippen LogP contribution is -2.37. The van der Waals surface area contributed by atoms with Gasteiger partial charge in [-0.1, -0.05) is 25.5 Å². The third-order valence-corrected chi connectivity index (χ3v) is 7.37. The Morgan fingerprint density at radius 2 is 1.92 bits per heavy atom. The highest BCUT2D eigenvalue weighted by molar-refractivity contribution is 5.77. The summed E-state index contributed by atoms with van der Waals surface area (Å²) in [6, 6.07) is 22.7.